The van der Waals surface area contributed by atoms with E-state index >= 15 is 0 Å². The van der Waals surface area contributed by atoms with Crippen molar-refractivity contribution in [3.63, 3.8) is 0 Å². The third-order valence-electron chi connectivity index (χ3n) is 3.27. The van der Waals surface area contributed by atoms with E-state index in [4.69, 9.17) is 5.73 Å². The highest BCUT2D eigenvalue weighted by Gasteiger charge is 2.48. The molecule has 0 radical (unpaired) electrons. The summed E-state index contributed by atoms with van der Waals surface area (Å²) in [6, 6.07) is 1.00. The third kappa shape index (κ3) is 0.916. The van der Waals surface area contributed by atoms with Crippen molar-refractivity contribution in [3.8, 4) is 0 Å². The molecule has 4 atom stereocenters. The van der Waals surface area contributed by atoms with Crippen molar-refractivity contribution in [3.05, 3.63) is 0 Å². The van der Waals surface area contributed by atoms with Gasteiger partial charge in [-0.2, -0.15) is 0 Å². The minimum atomic E-state index is 0.414. The molecule has 2 aliphatic rings. The molecule has 1 saturated carbocycles. The molecule has 3 nitrogen and oxygen atoms in total. The van der Waals surface area contributed by atoms with Crippen LogP contribution in [0.2, 0.25) is 0 Å². The molecular weight excluding hydrogens is 138 g/mol. The average molecular weight is 155 g/mol. The van der Waals surface area contributed by atoms with Crippen LogP contribution in [-0.2, 0) is 0 Å². The van der Waals surface area contributed by atoms with Gasteiger partial charge >= 0.3 is 0 Å². The summed E-state index contributed by atoms with van der Waals surface area (Å²) in [5.41, 5.74) is 9.27. The highest BCUT2D eigenvalue weighted by Crippen LogP contribution is 2.39. The number of piperidine rings is 1. The van der Waals surface area contributed by atoms with Crippen molar-refractivity contribution >= 4 is 0 Å². The molecule has 1 saturated heterocycles. The Hall–Kier alpha value is -0.120. The van der Waals surface area contributed by atoms with E-state index in [-0.39, 0.29) is 0 Å². The first kappa shape index (κ1) is 7.53. The van der Waals surface area contributed by atoms with Crippen LogP contribution in [0.25, 0.3) is 0 Å². The van der Waals surface area contributed by atoms with Crippen LogP contribution in [0.4, 0.5) is 0 Å². The third-order valence-corrected chi connectivity index (χ3v) is 3.27. The second kappa shape index (κ2) is 2.44. The lowest BCUT2D eigenvalue weighted by Gasteiger charge is -2.30. The Balaban J connectivity index is 2.13. The maximum absolute atomic E-state index is 6.06. The molecule has 0 aromatic carbocycles. The zero-order valence-electron chi connectivity index (χ0n) is 7.25. The number of hydrogen-bond donors (Lipinski definition) is 2. The van der Waals surface area contributed by atoms with Crippen LogP contribution in [-0.4, -0.2) is 30.7 Å². The minimum Gasteiger partial charge on any atom is -0.326 e. The zero-order valence-corrected chi connectivity index (χ0v) is 7.25. The Morgan fingerprint density at radius 3 is 2.64 bits per heavy atom. The van der Waals surface area contributed by atoms with Crippen molar-refractivity contribution in [2.75, 3.05) is 13.6 Å². The molecule has 1 unspecified atom stereocenters. The highest BCUT2D eigenvalue weighted by atomic mass is 15.5. The van der Waals surface area contributed by atoms with E-state index in [2.05, 4.69) is 17.4 Å². The fourth-order valence-corrected chi connectivity index (χ4v) is 2.76. The van der Waals surface area contributed by atoms with E-state index in [0.29, 0.717) is 12.1 Å². The van der Waals surface area contributed by atoms with Crippen LogP contribution in [0, 0.1) is 11.8 Å². The Labute approximate surface area is 67.9 Å². The van der Waals surface area contributed by atoms with E-state index in [0.717, 1.165) is 18.4 Å². The number of nitrogens with zero attached hydrogens (tertiary/aromatic N) is 1. The van der Waals surface area contributed by atoms with Crippen LogP contribution in [0.5, 0.6) is 0 Å². The maximum atomic E-state index is 6.06. The second-order valence-corrected chi connectivity index (χ2v) is 3.92. The predicted octanol–water partition coefficient (Wildman–Crippen LogP) is -0.212. The summed E-state index contributed by atoms with van der Waals surface area (Å²) in [5, 5.41) is 2.30. The Morgan fingerprint density at radius 1 is 1.55 bits per heavy atom. The standard InChI is InChI=1S/C8H17N3/c1-5-3-6-4-11(10-2)8(5)7(6)9/h5-8,10H,3-4,9H2,1-2H3/t5?,6-,7-,8-/m1/s1. The van der Waals surface area contributed by atoms with Crippen LogP contribution in [0.15, 0.2) is 0 Å². The molecule has 3 N–H and O–H groups in total. The molecule has 64 valence electrons. The summed E-state index contributed by atoms with van der Waals surface area (Å²) in [6.45, 7) is 3.45. The SMILES string of the molecule is CNN1C[C@H]2CC(C)[C@@H]1[C@@H]2N. The quantitative estimate of drug-likeness (QED) is 0.550. The molecule has 0 aromatic rings. The van der Waals surface area contributed by atoms with Crippen molar-refractivity contribution in [2.45, 2.75) is 25.4 Å². The molecule has 2 bridgehead atoms. The molecular formula is C8H17N3. The first-order chi connectivity index (χ1) is 5.24. The fraction of sp³-hybridized carbons (Fsp3) is 1.00. The number of fused-ring (bicyclic) bond motifs is 2. The highest BCUT2D eigenvalue weighted by molar-refractivity contribution is 5.03. The van der Waals surface area contributed by atoms with Gasteiger partial charge in [-0.3, -0.25) is 5.43 Å². The summed E-state index contributed by atoms with van der Waals surface area (Å²) in [5.74, 6) is 1.51. The Bertz CT molecular complexity index is 159. The van der Waals surface area contributed by atoms with Crippen molar-refractivity contribution < 1.29 is 0 Å². The molecule has 2 rings (SSSR count). The van der Waals surface area contributed by atoms with Crippen molar-refractivity contribution in [2.24, 2.45) is 17.6 Å². The summed E-state index contributed by atoms with van der Waals surface area (Å²) in [7, 11) is 1.99. The van der Waals surface area contributed by atoms with Gasteiger partial charge in [0.2, 0.25) is 0 Å². The van der Waals surface area contributed by atoms with Crippen molar-refractivity contribution in [1.82, 2.24) is 10.4 Å². The van der Waals surface area contributed by atoms with E-state index in [1.807, 2.05) is 7.05 Å². The van der Waals surface area contributed by atoms with Crippen molar-refractivity contribution in [1.29, 1.82) is 0 Å². The number of hydrazine groups is 1. The summed E-state index contributed by atoms with van der Waals surface area (Å²) < 4.78 is 0. The topological polar surface area (TPSA) is 41.3 Å². The normalized spacial score (nSPS) is 50.5. The summed E-state index contributed by atoms with van der Waals surface area (Å²) >= 11 is 0. The van der Waals surface area contributed by atoms with E-state index in [1.54, 1.807) is 0 Å². The smallest absolute Gasteiger partial charge is 0.0423 e. The zero-order chi connectivity index (χ0) is 8.01. The predicted molar refractivity (Wildman–Crippen MR) is 44.8 cm³/mol. The van der Waals surface area contributed by atoms with E-state index in [1.165, 1.54) is 6.42 Å². The van der Waals surface area contributed by atoms with Gasteiger partial charge in [-0.15, -0.1) is 0 Å². The average Bonchev–Trinajstić information content (AvgIpc) is 2.42. The van der Waals surface area contributed by atoms with E-state index in [9.17, 15) is 0 Å². The number of nitrogens with one attached hydrogen (secondary N) is 1. The number of hydrogen-bond acceptors (Lipinski definition) is 3. The fourth-order valence-electron chi connectivity index (χ4n) is 2.76. The van der Waals surface area contributed by atoms with Gasteiger partial charge < -0.3 is 5.73 Å². The molecule has 0 aromatic heterocycles. The lowest BCUT2D eigenvalue weighted by molar-refractivity contribution is 0.116. The van der Waals surface area contributed by atoms with Crippen LogP contribution < -0.4 is 11.2 Å². The van der Waals surface area contributed by atoms with Crippen LogP contribution >= 0.6 is 0 Å². The molecule has 11 heavy (non-hydrogen) atoms. The number of rotatable bonds is 1. The molecule has 0 spiro atoms. The van der Waals surface area contributed by atoms with Gasteiger partial charge in [0.15, 0.2) is 0 Å². The first-order valence-electron chi connectivity index (χ1n) is 4.43. The molecule has 1 aliphatic heterocycles. The molecule has 2 fully saturated rings. The Kier molecular flexibility index (Phi) is 1.67. The van der Waals surface area contributed by atoms with Crippen LogP contribution in [0.1, 0.15) is 13.3 Å². The minimum absolute atomic E-state index is 0.414. The lowest BCUT2D eigenvalue weighted by Crippen LogP contribution is -2.47. The second-order valence-electron chi connectivity index (χ2n) is 3.92. The van der Waals surface area contributed by atoms with Gasteiger partial charge in [0.1, 0.15) is 0 Å². The number of nitrogens with two attached hydrogens (primary N) is 1. The van der Waals surface area contributed by atoms with E-state index < -0.39 is 0 Å². The summed E-state index contributed by atoms with van der Waals surface area (Å²) in [4.78, 5) is 0. The molecule has 1 heterocycles. The van der Waals surface area contributed by atoms with Crippen LogP contribution in [0.3, 0.4) is 0 Å². The van der Waals surface area contributed by atoms with Gasteiger partial charge in [-0.25, -0.2) is 5.01 Å². The monoisotopic (exact) mass is 155 g/mol. The van der Waals surface area contributed by atoms with Gasteiger partial charge in [-0.05, 0) is 25.3 Å². The Morgan fingerprint density at radius 2 is 2.27 bits per heavy atom. The summed E-state index contributed by atoms with van der Waals surface area (Å²) in [6.07, 6.45) is 1.32. The molecule has 0 amide bonds. The van der Waals surface area contributed by atoms with Gasteiger partial charge in [0, 0.05) is 18.6 Å². The first-order valence-corrected chi connectivity index (χ1v) is 4.43. The maximum Gasteiger partial charge on any atom is 0.0423 e. The van der Waals surface area contributed by atoms with Gasteiger partial charge in [0.25, 0.3) is 0 Å². The largest absolute Gasteiger partial charge is 0.326 e. The van der Waals surface area contributed by atoms with Gasteiger partial charge in [0.05, 0.1) is 0 Å². The molecule has 3 heteroatoms. The van der Waals surface area contributed by atoms with Gasteiger partial charge in [-0.1, -0.05) is 6.92 Å². The molecule has 1 aliphatic carbocycles. The lowest BCUT2D eigenvalue weighted by atomic mass is 10.0.